The van der Waals surface area contributed by atoms with Gasteiger partial charge in [-0.2, -0.15) is 0 Å². The molecule has 0 unspecified atom stereocenters. The van der Waals surface area contributed by atoms with E-state index in [0.29, 0.717) is 17.5 Å². The minimum absolute atomic E-state index is 0.00901. The highest BCUT2D eigenvalue weighted by molar-refractivity contribution is 6.22. The van der Waals surface area contributed by atoms with Crippen LogP contribution in [0.3, 0.4) is 0 Å². The van der Waals surface area contributed by atoms with Gasteiger partial charge in [-0.3, -0.25) is 19.3 Å². The number of benzene rings is 1. The van der Waals surface area contributed by atoms with Crippen LogP contribution >= 0.6 is 0 Å². The number of aliphatic hydroxyl groups is 1. The summed E-state index contributed by atoms with van der Waals surface area (Å²) in [5.74, 6) is -1.37. The molecule has 6 heteroatoms. The van der Waals surface area contributed by atoms with E-state index >= 15 is 0 Å². The lowest BCUT2D eigenvalue weighted by molar-refractivity contribution is -0.132. The van der Waals surface area contributed by atoms with Crippen molar-refractivity contribution < 1.29 is 20.9 Å². The van der Waals surface area contributed by atoms with Crippen LogP contribution < -0.4 is 0 Å². The van der Waals surface area contributed by atoms with E-state index in [1.807, 2.05) is 0 Å². The van der Waals surface area contributed by atoms with Gasteiger partial charge in [0, 0.05) is 14.0 Å². The summed E-state index contributed by atoms with van der Waals surface area (Å²) in [5, 5.41) is 9.63. The minimum Gasteiger partial charge on any atom is -0.391 e. The molecule has 3 rings (SSSR count). The molecule has 1 aromatic rings. The Labute approximate surface area is 123 Å². The number of carbonyl (C=O) groups is 3. The van der Waals surface area contributed by atoms with Gasteiger partial charge in [-0.1, -0.05) is 12.1 Å². The number of hydrogen-bond acceptors (Lipinski definition) is 4. The molecular formula is C15H16N2O4. The van der Waals surface area contributed by atoms with E-state index in [9.17, 15) is 19.5 Å². The van der Waals surface area contributed by atoms with E-state index in [2.05, 4.69) is 0 Å². The molecule has 1 aromatic carbocycles. The van der Waals surface area contributed by atoms with Gasteiger partial charge >= 0.3 is 0 Å². The summed E-state index contributed by atoms with van der Waals surface area (Å²) < 4.78 is 7.43. The number of carbonyl (C=O) groups excluding carboxylic acids is 3. The highest BCUT2D eigenvalue weighted by atomic mass is 16.3. The van der Waals surface area contributed by atoms with Crippen molar-refractivity contribution in [2.75, 3.05) is 13.1 Å². The number of nitrogens with zero attached hydrogens (tertiary/aromatic N) is 2. The fourth-order valence-corrected chi connectivity index (χ4v) is 2.81. The molecule has 1 fully saturated rings. The first-order valence-electron chi connectivity index (χ1n) is 7.45. The standard InChI is InChI=1S/C15H16N2O4/c1-9-6-10(18)7-16(9)13(19)8-17-14(20)11-4-2-3-5-12(11)15(17)21/h2-5,9-10,18H,6-8H2,1H3/t9-,10-/m1/s1/i1D. The normalized spacial score (nSPS) is 25.3. The maximum absolute atomic E-state index is 12.3. The summed E-state index contributed by atoms with van der Waals surface area (Å²) in [6, 6.07) is 6.10. The topological polar surface area (TPSA) is 77.9 Å². The SMILES string of the molecule is [2H]C[C@@H]1C[C@@H](O)CN1C(=O)CN1C(=O)c2ccccc2C1=O. The summed E-state index contributed by atoms with van der Waals surface area (Å²) in [4.78, 5) is 39.1. The molecule has 0 saturated carbocycles. The Balaban J connectivity index is 1.76. The third-order valence-corrected chi connectivity index (χ3v) is 3.88. The molecule has 0 aromatic heterocycles. The van der Waals surface area contributed by atoms with Crippen LogP contribution in [0.1, 0.15) is 35.4 Å². The molecular weight excluding hydrogens is 272 g/mol. The molecule has 110 valence electrons. The first-order valence-corrected chi connectivity index (χ1v) is 6.75. The summed E-state index contributed by atoms with van der Waals surface area (Å²) in [6.45, 7) is -0.216. The number of hydrogen-bond donors (Lipinski definition) is 1. The zero-order valence-electron chi connectivity index (χ0n) is 12.4. The van der Waals surface area contributed by atoms with E-state index in [-0.39, 0.29) is 26.0 Å². The number of fused-ring (bicyclic) bond motifs is 1. The van der Waals surface area contributed by atoms with Crippen molar-refractivity contribution in [3.8, 4) is 0 Å². The maximum atomic E-state index is 12.3. The predicted octanol–water partition coefficient (Wildman–Crippen LogP) is 0.264. The Morgan fingerprint density at radius 2 is 1.95 bits per heavy atom. The monoisotopic (exact) mass is 289 g/mol. The molecule has 0 spiro atoms. The summed E-state index contributed by atoms with van der Waals surface area (Å²) in [7, 11) is 0. The average Bonchev–Trinajstić information content (AvgIpc) is 3.01. The molecule has 0 aliphatic carbocycles. The quantitative estimate of drug-likeness (QED) is 0.792. The van der Waals surface area contributed by atoms with Gasteiger partial charge in [0.25, 0.3) is 11.8 Å². The second-order valence-electron chi connectivity index (χ2n) is 5.33. The lowest BCUT2D eigenvalue weighted by Gasteiger charge is -2.23. The van der Waals surface area contributed by atoms with Crippen molar-refractivity contribution in [1.82, 2.24) is 9.80 Å². The second kappa shape index (κ2) is 4.96. The van der Waals surface area contributed by atoms with Crippen LogP contribution in [0.2, 0.25) is 0 Å². The molecule has 1 saturated heterocycles. The fourth-order valence-electron chi connectivity index (χ4n) is 2.81. The van der Waals surface area contributed by atoms with Gasteiger partial charge in [-0.25, -0.2) is 0 Å². The van der Waals surface area contributed by atoms with Crippen LogP contribution in [0, 0.1) is 0 Å². The van der Waals surface area contributed by atoms with Gasteiger partial charge in [0.15, 0.2) is 0 Å². The summed E-state index contributed by atoms with van der Waals surface area (Å²) in [5.41, 5.74) is 0.609. The fraction of sp³-hybridized carbons (Fsp3) is 0.400. The zero-order chi connectivity index (χ0) is 15.9. The van der Waals surface area contributed by atoms with Crippen LogP contribution in [0.4, 0.5) is 0 Å². The van der Waals surface area contributed by atoms with Crippen LogP contribution in [0.15, 0.2) is 24.3 Å². The molecule has 2 heterocycles. The highest BCUT2D eigenvalue weighted by Gasteiger charge is 2.39. The van der Waals surface area contributed by atoms with Crippen LogP contribution in [0.25, 0.3) is 0 Å². The van der Waals surface area contributed by atoms with Crippen molar-refractivity contribution in [2.24, 2.45) is 0 Å². The van der Waals surface area contributed by atoms with Crippen molar-refractivity contribution in [3.05, 3.63) is 35.4 Å². The van der Waals surface area contributed by atoms with Crippen LogP contribution in [0.5, 0.6) is 0 Å². The Kier molecular flexibility index (Phi) is 2.96. The van der Waals surface area contributed by atoms with Crippen LogP contribution in [-0.2, 0) is 4.79 Å². The molecule has 21 heavy (non-hydrogen) atoms. The van der Waals surface area contributed by atoms with Gasteiger partial charge in [0.1, 0.15) is 6.54 Å². The molecule has 6 nitrogen and oxygen atoms in total. The first kappa shape index (κ1) is 12.5. The van der Waals surface area contributed by atoms with E-state index in [1.54, 1.807) is 24.3 Å². The van der Waals surface area contributed by atoms with Gasteiger partial charge in [0.2, 0.25) is 5.91 Å². The minimum atomic E-state index is -0.651. The lowest BCUT2D eigenvalue weighted by atomic mass is 10.1. The molecule has 2 atom stereocenters. The zero-order valence-corrected chi connectivity index (χ0v) is 11.4. The number of rotatable bonds is 2. The third kappa shape index (κ3) is 2.21. The lowest BCUT2D eigenvalue weighted by Crippen LogP contribution is -2.44. The van der Waals surface area contributed by atoms with Crippen molar-refractivity contribution in [1.29, 1.82) is 0 Å². The Morgan fingerprint density at radius 1 is 1.33 bits per heavy atom. The summed E-state index contributed by atoms with van der Waals surface area (Å²) in [6.07, 6.45) is -0.293. The molecule has 2 aliphatic rings. The van der Waals surface area contributed by atoms with Gasteiger partial charge in [0.05, 0.1) is 17.2 Å². The number of β-amino-alcohol motifs (C(OH)–C–C–N with tert-alkyl or cyclic N) is 1. The van der Waals surface area contributed by atoms with E-state index in [0.717, 1.165) is 4.90 Å². The Bertz CT molecular complexity index is 613. The second-order valence-corrected chi connectivity index (χ2v) is 5.33. The molecule has 0 bridgehead atoms. The Hall–Kier alpha value is -2.21. The number of aliphatic hydroxyl groups excluding tert-OH is 1. The van der Waals surface area contributed by atoms with Crippen molar-refractivity contribution >= 4 is 17.7 Å². The van der Waals surface area contributed by atoms with E-state index in [4.69, 9.17) is 1.37 Å². The largest absolute Gasteiger partial charge is 0.391 e. The highest BCUT2D eigenvalue weighted by Crippen LogP contribution is 2.23. The molecule has 0 radical (unpaired) electrons. The summed E-state index contributed by atoms with van der Waals surface area (Å²) >= 11 is 0. The number of imide groups is 1. The molecule has 2 aliphatic heterocycles. The number of likely N-dealkylation sites (tertiary alicyclic amines) is 1. The number of amides is 3. The van der Waals surface area contributed by atoms with Crippen molar-refractivity contribution in [3.63, 3.8) is 0 Å². The first-order chi connectivity index (χ1) is 10.5. The average molecular weight is 289 g/mol. The Morgan fingerprint density at radius 3 is 2.52 bits per heavy atom. The van der Waals surface area contributed by atoms with Crippen molar-refractivity contribution in [2.45, 2.75) is 25.5 Å². The maximum Gasteiger partial charge on any atom is 0.262 e. The molecule has 1 N–H and O–H groups in total. The third-order valence-electron chi connectivity index (χ3n) is 3.88. The van der Waals surface area contributed by atoms with E-state index < -0.39 is 23.8 Å². The molecule has 3 amide bonds. The predicted molar refractivity (Wildman–Crippen MR) is 73.6 cm³/mol. The van der Waals surface area contributed by atoms with Gasteiger partial charge in [-0.15, -0.1) is 0 Å². The van der Waals surface area contributed by atoms with Gasteiger partial charge in [-0.05, 0) is 25.5 Å². The van der Waals surface area contributed by atoms with E-state index in [1.165, 1.54) is 4.90 Å². The smallest absolute Gasteiger partial charge is 0.262 e. The van der Waals surface area contributed by atoms with Crippen LogP contribution in [-0.4, -0.2) is 57.9 Å². The van der Waals surface area contributed by atoms with Gasteiger partial charge < -0.3 is 10.0 Å².